The number of pyridine rings is 1. The zero-order valence-corrected chi connectivity index (χ0v) is 17.3. The van der Waals surface area contributed by atoms with E-state index in [1.54, 1.807) is 0 Å². The number of nitrogens with zero attached hydrogens (tertiary/aromatic N) is 4. The minimum atomic E-state index is 0.558. The molecule has 3 aromatic rings. The van der Waals surface area contributed by atoms with Gasteiger partial charge < -0.3 is 14.7 Å². The Morgan fingerprint density at radius 3 is 2.62 bits per heavy atom. The monoisotopic (exact) mass is 391 g/mol. The summed E-state index contributed by atoms with van der Waals surface area (Å²) in [6, 6.07) is 9.30. The Kier molecular flexibility index (Phi) is 4.96. The summed E-state index contributed by atoms with van der Waals surface area (Å²) in [5.41, 5.74) is 3.27. The predicted molar refractivity (Wildman–Crippen MR) is 115 cm³/mol. The van der Waals surface area contributed by atoms with Gasteiger partial charge in [0.2, 0.25) is 0 Å². The van der Waals surface area contributed by atoms with E-state index in [1.165, 1.54) is 24.9 Å². The number of nitrogens with one attached hydrogen (secondary N) is 1. The molecule has 0 radical (unpaired) electrons. The average molecular weight is 392 g/mol. The normalized spacial score (nSPS) is 17.9. The largest absolute Gasteiger partial charge is 0.356 e. The van der Waals surface area contributed by atoms with Crippen LogP contribution in [-0.2, 0) is 6.42 Å². The summed E-state index contributed by atoms with van der Waals surface area (Å²) in [5.74, 6) is 3.10. The van der Waals surface area contributed by atoms with Gasteiger partial charge in [0.15, 0.2) is 5.82 Å². The number of hydrogen-bond acceptors (Lipinski definition) is 6. The molecular weight excluding hydrogens is 362 g/mol. The topological polar surface area (TPSA) is 67.1 Å². The molecule has 0 amide bonds. The Balaban J connectivity index is 1.45. The van der Waals surface area contributed by atoms with Gasteiger partial charge in [-0.3, -0.25) is 0 Å². The van der Waals surface area contributed by atoms with Gasteiger partial charge in [-0.1, -0.05) is 18.1 Å². The standard InChI is InChI=1S/C23H29N5O/c1-3-16-6-7-21-18(12-16)13-20(23-25-15(2)27-29-23)22(26-21)28-10-8-19(9-11-28)24-14-17-4-5-17/h6-7,12-13,17,19,24H,3-5,8-11,14H2,1-2H3. The maximum Gasteiger partial charge on any atom is 0.261 e. The molecule has 3 heterocycles. The molecular formula is C23H29N5O. The molecule has 29 heavy (non-hydrogen) atoms. The summed E-state index contributed by atoms with van der Waals surface area (Å²) in [7, 11) is 0. The molecule has 1 aromatic carbocycles. The fraction of sp³-hybridized carbons (Fsp3) is 0.522. The summed E-state index contributed by atoms with van der Waals surface area (Å²) >= 11 is 0. The lowest BCUT2D eigenvalue weighted by molar-refractivity contribution is 0.407. The minimum absolute atomic E-state index is 0.558. The number of aromatic nitrogens is 3. The fourth-order valence-corrected chi connectivity index (χ4v) is 4.19. The van der Waals surface area contributed by atoms with Crippen molar-refractivity contribution in [2.75, 3.05) is 24.5 Å². The number of anilines is 1. The summed E-state index contributed by atoms with van der Waals surface area (Å²) in [6.45, 7) is 7.20. The van der Waals surface area contributed by atoms with Crippen molar-refractivity contribution in [3.05, 3.63) is 35.7 Å². The lowest BCUT2D eigenvalue weighted by Gasteiger charge is -2.34. The lowest BCUT2D eigenvalue weighted by atomic mass is 10.0. The van der Waals surface area contributed by atoms with Crippen LogP contribution in [0.2, 0.25) is 0 Å². The summed E-state index contributed by atoms with van der Waals surface area (Å²) in [4.78, 5) is 11.9. The van der Waals surface area contributed by atoms with E-state index in [0.29, 0.717) is 17.8 Å². The maximum atomic E-state index is 5.54. The van der Waals surface area contributed by atoms with Crippen LogP contribution >= 0.6 is 0 Å². The van der Waals surface area contributed by atoms with Gasteiger partial charge in [-0.05, 0) is 75.3 Å². The molecule has 152 valence electrons. The minimum Gasteiger partial charge on any atom is -0.356 e. The third kappa shape index (κ3) is 3.99. The number of rotatable bonds is 6. The highest BCUT2D eigenvalue weighted by atomic mass is 16.5. The lowest BCUT2D eigenvalue weighted by Crippen LogP contribution is -2.43. The third-order valence-electron chi connectivity index (χ3n) is 6.21. The molecule has 1 saturated carbocycles. The van der Waals surface area contributed by atoms with Crippen LogP contribution in [0.25, 0.3) is 22.4 Å². The maximum absolute atomic E-state index is 5.54. The van der Waals surface area contributed by atoms with Crippen LogP contribution < -0.4 is 10.2 Å². The Morgan fingerprint density at radius 1 is 1.10 bits per heavy atom. The van der Waals surface area contributed by atoms with Crippen LogP contribution in [0.5, 0.6) is 0 Å². The zero-order valence-electron chi connectivity index (χ0n) is 17.3. The molecule has 6 heteroatoms. The summed E-state index contributed by atoms with van der Waals surface area (Å²) in [6.07, 6.45) is 6.10. The fourth-order valence-electron chi connectivity index (χ4n) is 4.19. The second kappa shape index (κ2) is 7.75. The van der Waals surface area contributed by atoms with Crippen molar-refractivity contribution in [2.45, 2.75) is 52.0 Å². The van der Waals surface area contributed by atoms with E-state index in [0.717, 1.165) is 60.6 Å². The van der Waals surface area contributed by atoms with E-state index in [4.69, 9.17) is 9.51 Å². The van der Waals surface area contributed by atoms with Gasteiger partial charge in [0, 0.05) is 24.5 Å². The van der Waals surface area contributed by atoms with Crippen molar-refractivity contribution >= 4 is 16.7 Å². The first kappa shape index (κ1) is 18.6. The number of fused-ring (bicyclic) bond motifs is 1. The summed E-state index contributed by atoms with van der Waals surface area (Å²) in [5, 5.41) is 8.89. The van der Waals surface area contributed by atoms with Crippen LogP contribution in [0, 0.1) is 12.8 Å². The van der Waals surface area contributed by atoms with Gasteiger partial charge in [0.1, 0.15) is 5.82 Å². The number of benzene rings is 1. The first-order valence-corrected chi connectivity index (χ1v) is 10.9. The van der Waals surface area contributed by atoms with E-state index in [2.05, 4.69) is 51.5 Å². The van der Waals surface area contributed by atoms with Crippen molar-refractivity contribution in [3.63, 3.8) is 0 Å². The SMILES string of the molecule is CCc1ccc2nc(N3CCC(NCC4CC4)CC3)c(-c3nc(C)no3)cc2c1. The molecule has 0 bridgehead atoms. The molecule has 1 aliphatic carbocycles. The molecule has 2 aromatic heterocycles. The number of hydrogen-bond donors (Lipinski definition) is 1. The van der Waals surface area contributed by atoms with Gasteiger partial charge in [0.05, 0.1) is 11.1 Å². The molecule has 2 fully saturated rings. The van der Waals surface area contributed by atoms with E-state index in [1.807, 2.05) is 6.92 Å². The number of piperidine rings is 1. The van der Waals surface area contributed by atoms with Crippen molar-refractivity contribution < 1.29 is 4.52 Å². The Labute approximate surface area is 171 Å². The molecule has 0 spiro atoms. The van der Waals surface area contributed by atoms with Gasteiger partial charge in [-0.2, -0.15) is 4.98 Å². The molecule has 6 nitrogen and oxygen atoms in total. The van der Waals surface area contributed by atoms with Crippen molar-refractivity contribution in [1.82, 2.24) is 20.4 Å². The van der Waals surface area contributed by atoms with Gasteiger partial charge >= 0.3 is 0 Å². The first-order valence-electron chi connectivity index (χ1n) is 10.9. The molecule has 1 saturated heterocycles. The van der Waals surface area contributed by atoms with Crippen LogP contribution in [0.4, 0.5) is 5.82 Å². The average Bonchev–Trinajstić information content (AvgIpc) is 3.49. The Hall–Kier alpha value is -2.47. The first-order chi connectivity index (χ1) is 14.2. The van der Waals surface area contributed by atoms with Crippen LogP contribution in [0.15, 0.2) is 28.8 Å². The number of aryl methyl sites for hydroxylation is 2. The molecule has 2 aliphatic rings. The van der Waals surface area contributed by atoms with Crippen molar-refractivity contribution in [3.8, 4) is 11.5 Å². The molecule has 5 rings (SSSR count). The van der Waals surface area contributed by atoms with Gasteiger partial charge in [-0.15, -0.1) is 0 Å². The third-order valence-corrected chi connectivity index (χ3v) is 6.21. The predicted octanol–water partition coefficient (Wildman–Crippen LogP) is 4.12. The van der Waals surface area contributed by atoms with Gasteiger partial charge in [-0.25, -0.2) is 4.98 Å². The molecule has 0 unspecified atom stereocenters. The highest BCUT2D eigenvalue weighted by Gasteiger charge is 2.27. The van der Waals surface area contributed by atoms with Crippen molar-refractivity contribution in [2.24, 2.45) is 5.92 Å². The van der Waals surface area contributed by atoms with Gasteiger partial charge in [0.25, 0.3) is 5.89 Å². The van der Waals surface area contributed by atoms with Crippen molar-refractivity contribution in [1.29, 1.82) is 0 Å². The van der Waals surface area contributed by atoms with E-state index in [-0.39, 0.29) is 0 Å². The van der Waals surface area contributed by atoms with Crippen LogP contribution in [0.3, 0.4) is 0 Å². The second-order valence-electron chi connectivity index (χ2n) is 8.50. The van der Waals surface area contributed by atoms with E-state index in [9.17, 15) is 0 Å². The molecule has 1 N–H and O–H groups in total. The Morgan fingerprint density at radius 2 is 1.93 bits per heavy atom. The van der Waals surface area contributed by atoms with E-state index >= 15 is 0 Å². The second-order valence-corrected chi connectivity index (χ2v) is 8.50. The zero-order chi connectivity index (χ0) is 19.8. The van der Waals surface area contributed by atoms with E-state index < -0.39 is 0 Å². The summed E-state index contributed by atoms with van der Waals surface area (Å²) < 4.78 is 5.54. The molecule has 0 atom stereocenters. The Bertz CT molecular complexity index is 1000. The van der Waals surface area contributed by atoms with Crippen LogP contribution in [-0.4, -0.2) is 40.8 Å². The molecule has 1 aliphatic heterocycles. The highest BCUT2D eigenvalue weighted by Crippen LogP contribution is 2.34. The quantitative estimate of drug-likeness (QED) is 0.682. The highest BCUT2D eigenvalue weighted by molar-refractivity contribution is 5.88. The van der Waals surface area contributed by atoms with Crippen LogP contribution in [0.1, 0.15) is 44.0 Å². The smallest absolute Gasteiger partial charge is 0.261 e.